The lowest BCUT2D eigenvalue weighted by atomic mass is 9.89. The van der Waals surface area contributed by atoms with Crippen molar-refractivity contribution in [2.75, 3.05) is 29.9 Å². The molecule has 154 valence electrons. The monoisotopic (exact) mass is 410 g/mol. The van der Waals surface area contributed by atoms with Gasteiger partial charge in [0.1, 0.15) is 16.8 Å². The number of thiophene rings is 1. The maximum Gasteiger partial charge on any atom is 0.278 e. The van der Waals surface area contributed by atoms with Crippen molar-refractivity contribution >= 4 is 43.4 Å². The second-order valence-corrected chi connectivity index (χ2v) is 10.0. The van der Waals surface area contributed by atoms with Crippen LogP contribution in [0.2, 0.25) is 0 Å². The Morgan fingerprint density at radius 3 is 2.66 bits per heavy atom. The van der Waals surface area contributed by atoms with E-state index in [4.69, 9.17) is 4.98 Å². The van der Waals surface area contributed by atoms with Crippen LogP contribution in [0.3, 0.4) is 0 Å². The molecule has 5 rings (SSSR count). The molecule has 5 nitrogen and oxygen atoms in total. The van der Waals surface area contributed by atoms with E-state index in [-0.39, 0.29) is 0 Å². The third-order valence-corrected chi connectivity index (χ3v) is 7.55. The first-order chi connectivity index (χ1) is 14.2. The average molecular weight is 411 g/mol. The van der Waals surface area contributed by atoms with Gasteiger partial charge in [-0.15, -0.1) is 0 Å². The van der Waals surface area contributed by atoms with Gasteiger partial charge in [0.05, 0.1) is 24.0 Å². The van der Waals surface area contributed by atoms with Crippen molar-refractivity contribution in [1.29, 1.82) is 0 Å². The van der Waals surface area contributed by atoms with Gasteiger partial charge in [-0.2, -0.15) is 0 Å². The fraction of sp³-hybridized carbons (Fsp3) is 0.609. The van der Waals surface area contributed by atoms with E-state index in [0.29, 0.717) is 5.92 Å². The van der Waals surface area contributed by atoms with Crippen molar-refractivity contribution in [3.63, 3.8) is 0 Å². The number of anilines is 2. The number of aryl methyl sites for hydroxylation is 1. The predicted octanol–water partition coefficient (Wildman–Crippen LogP) is 4.99. The van der Waals surface area contributed by atoms with Gasteiger partial charge < -0.3 is 5.32 Å². The van der Waals surface area contributed by atoms with Crippen LogP contribution in [0, 0.1) is 5.92 Å². The number of piperidine rings is 1. The molecule has 0 spiro atoms. The minimum atomic E-state index is 0.690. The summed E-state index contributed by atoms with van der Waals surface area (Å²) < 4.78 is 1.20. The highest BCUT2D eigenvalue weighted by Gasteiger charge is 2.30. The van der Waals surface area contributed by atoms with Crippen LogP contribution >= 0.6 is 11.3 Å². The van der Waals surface area contributed by atoms with Gasteiger partial charge in [0.15, 0.2) is 4.83 Å². The Morgan fingerprint density at radius 2 is 1.86 bits per heavy atom. The molecule has 4 heterocycles. The lowest BCUT2D eigenvalue weighted by molar-refractivity contribution is -0.328. The van der Waals surface area contributed by atoms with Gasteiger partial charge in [-0.05, 0) is 62.8 Å². The van der Waals surface area contributed by atoms with Crippen LogP contribution in [0.15, 0.2) is 6.33 Å². The first kappa shape index (κ1) is 19.0. The van der Waals surface area contributed by atoms with Crippen LogP contribution in [-0.4, -0.2) is 29.6 Å². The molecule has 0 atom stereocenters. The first-order valence-corrected chi connectivity index (χ1v) is 12.2. The molecule has 1 aliphatic carbocycles. The number of nitrogens with zero attached hydrogens (tertiary/aromatic N) is 3. The minimum Gasteiger partial charge on any atom is -0.369 e. The molecule has 0 bridgehead atoms. The maximum absolute atomic E-state index is 4.75. The SMILES string of the molecule is CC(C)CCNc1ncnc2c1sc1[nH+]c(N3CCCCC3)c3c(c12)CCCC3. The number of hydrogen-bond acceptors (Lipinski definition) is 5. The molecule has 0 saturated carbocycles. The molecule has 6 heteroatoms. The molecule has 1 aliphatic heterocycles. The number of hydrogen-bond donors (Lipinski definition) is 1. The summed E-state index contributed by atoms with van der Waals surface area (Å²) >= 11 is 1.83. The Morgan fingerprint density at radius 1 is 1.07 bits per heavy atom. The Labute approximate surface area is 177 Å². The van der Waals surface area contributed by atoms with Crippen LogP contribution in [0.4, 0.5) is 11.6 Å². The third-order valence-electron chi connectivity index (χ3n) is 6.45. The number of H-pyrrole nitrogens is 1. The molecule has 0 radical (unpaired) electrons. The van der Waals surface area contributed by atoms with Gasteiger partial charge >= 0.3 is 0 Å². The molecule has 0 unspecified atom stereocenters. The molecule has 3 aromatic rings. The summed E-state index contributed by atoms with van der Waals surface area (Å²) in [5.74, 6) is 3.07. The van der Waals surface area contributed by atoms with E-state index < -0.39 is 0 Å². The second-order valence-electron chi connectivity index (χ2n) is 9.00. The lowest BCUT2D eigenvalue weighted by Crippen LogP contribution is -2.36. The summed E-state index contributed by atoms with van der Waals surface area (Å²) in [6.45, 7) is 7.85. The van der Waals surface area contributed by atoms with Crippen molar-refractivity contribution in [1.82, 2.24) is 9.97 Å². The van der Waals surface area contributed by atoms with Gasteiger partial charge in [-0.1, -0.05) is 25.2 Å². The number of pyridine rings is 1. The smallest absolute Gasteiger partial charge is 0.278 e. The third kappa shape index (κ3) is 3.56. The number of nitrogens with one attached hydrogen (secondary N) is 2. The summed E-state index contributed by atoms with van der Waals surface area (Å²) in [7, 11) is 0. The molecule has 2 aliphatic rings. The Hall–Kier alpha value is -1.95. The van der Waals surface area contributed by atoms with E-state index in [9.17, 15) is 0 Å². The topological polar surface area (TPSA) is 55.2 Å². The van der Waals surface area contributed by atoms with Gasteiger partial charge in [0.25, 0.3) is 5.82 Å². The Kier molecular flexibility index (Phi) is 5.29. The van der Waals surface area contributed by atoms with E-state index in [1.807, 2.05) is 11.3 Å². The molecular formula is C23H32N5S+. The lowest BCUT2D eigenvalue weighted by Gasteiger charge is -2.25. The van der Waals surface area contributed by atoms with Crippen molar-refractivity contribution in [3.8, 4) is 0 Å². The van der Waals surface area contributed by atoms with Crippen LogP contribution in [0.25, 0.3) is 20.4 Å². The van der Waals surface area contributed by atoms with Gasteiger partial charge in [-0.25, -0.2) is 15.0 Å². The van der Waals surface area contributed by atoms with Gasteiger partial charge in [0.2, 0.25) is 0 Å². The average Bonchev–Trinajstić information content (AvgIpc) is 3.13. The molecule has 2 N–H and O–H groups in total. The van der Waals surface area contributed by atoms with E-state index in [1.54, 1.807) is 17.5 Å². The minimum absolute atomic E-state index is 0.690. The Balaban J connectivity index is 1.64. The zero-order valence-electron chi connectivity index (χ0n) is 17.7. The molecular weight excluding hydrogens is 378 g/mol. The summed E-state index contributed by atoms with van der Waals surface area (Å²) in [4.78, 5) is 17.1. The highest BCUT2D eigenvalue weighted by molar-refractivity contribution is 7.25. The molecule has 29 heavy (non-hydrogen) atoms. The normalized spacial score (nSPS) is 17.3. The van der Waals surface area contributed by atoms with E-state index in [2.05, 4.69) is 34.0 Å². The van der Waals surface area contributed by atoms with Crippen molar-refractivity contribution in [3.05, 3.63) is 17.5 Å². The van der Waals surface area contributed by atoms with Crippen LogP contribution in [0.5, 0.6) is 0 Å². The highest BCUT2D eigenvalue weighted by Crippen LogP contribution is 2.41. The van der Waals surface area contributed by atoms with E-state index in [1.165, 1.54) is 78.8 Å². The summed E-state index contributed by atoms with van der Waals surface area (Å²) in [5.41, 5.74) is 4.23. The zero-order valence-corrected chi connectivity index (χ0v) is 18.5. The van der Waals surface area contributed by atoms with Crippen LogP contribution in [0.1, 0.15) is 63.5 Å². The van der Waals surface area contributed by atoms with E-state index in [0.717, 1.165) is 24.3 Å². The standard InChI is InChI=1S/C23H31N5S/c1-15(2)10-11-24-21-20-19(25-14-26-21)18-16-8-4-5-9-17(16)22(27-23(18)29-20)28-12-6-3-7-13-28/h14-15H,3-13H2,1-2H3,(H,24,25,26)/p+1. The van der Waals surface area contributed by atoms with Gasteiger partial charge in [0, 0.05) is 12.1 Å². The molecule has 0 amide bonds. The fourth-order valence-corrected chi connectivity index (χ4v) is 6.04. The number of fused-ring (bicyclic) bond motifs is 5. The van der Waals surface area contributed by atoms with Crippen molar-refractivity contribution < 1.29 is 4.98 Å². The second kappa shape index (κ2) is 8.05. The first-order valence-electron chi connectivity index (χ1n) is 11.4. The molecule has 3 aromatic heterocycles. The molecule has 0 aromatic carbocycles. The predicted molar refractivity (Wildman–Crippen MR) is 122 cm³/mol. The number of aromatic amines is 1. The Bertz CT molecular complexity index is 1020. The number of rotatable bonds is 5. The van der Waals surface area contributed by atoms with Crippen molar-refractivity contribution in [2.24, 2.45) is 5.92 Å². The summed E-state index contributed by atoms with van der Waals surface area (Å²) in [5, 5.41) is 4.93. The van der Waals surface area contributed by atoms with Crippen molar-refractivity contribution in [2.45, 2.75) is 65.2 Å². The largest absolute Gasteiger partial charge is 0.369 e. The fourth-order valence-electron chi connectivity index (χ4n) is 4.90. The zero-order chi connectivity index (χ0) is 19.8. The number of aromatic nitrogens is 3. The summed E-state index contributed by atoms with van der Waals surface area (Å²) in [6.07, 6.45) is 11.8. The van der Waals surface area contributed by atoms with E-state index >= 15 is 0 Å². The summed E-state index contributed by atoms with van der Waals surface area (Å²) in [6, 6.07) is 0. The maximum atomic E-state index is 4.75. The molecule has 1 saturated heterocycles. The van der Waals surface area contributed by atoms with Crippen LogP contribution < -0.4 is 15.2 Å². The van der Waals surface area contributed by atoms with Crippen LogP contribution in [-0.2, 0) is 12.8 Å². The highest BCUT2D eigenvalue weighted by atomic mass is 32.1. The molecule has 1 fully saturated rings. The quantitative estimate of drug-likeness (QED) is 0.644. The van der Waals surface area contributed by atoms with Gasteiger partial charge in [-0.3, -0.25) is 4.90 Å².